The van der Waals surface area contributed by atoms with Crippen LogP contribution in [0.25, 0.3) is 0 Å². The molecule has 0 spiro atoms. The van der Waals surface area contributed by atoms with Gasteiger partial charge in [0.1, 0.15) is 5.75 Å². The molecule has 0 amide bonds. The molecule has 1 aromatic carbocycles. The van der Waals surface area contributed by atoms with E-state index < -0.39 is 12.1 Å². The van der Waals surface area contributed by atoms with Gasteiger partial charge in [0.25, 0.3) is 0 Å². The van der Waals surface area contributed by atoms with Crippen LogP contribution >= 0.6 is 15.9 Å². The maximum absolute atomic E-state index is 10.7. The van der Waals surface area contributed by atoms with Crippen LogP contribution in [0.15, 0.2) is 22.7 Å². The SMILES string of the molecule is CC(Oc1ccc(Br)cc1[C@H](C)N)C(=O)O. The second-order valence-corrected chi connectivity index (χ2v) is 4.48. The Bertz CT molecular complexity index is 393. The third-order valence-corrected chi connectivity index (χ3v) is 2.61. The first-order chi connectivity index (χ1) is 7.41. The molecule has 16 heavy (non-hydrogen) atoms. The van der Waals surface area contributed by atoms with E-state index >= 15 is 0 Å². The van der Waals surface area contributed by atoms with Crippen molar-refractivity contribution < 1.29 is 14.6 Å². The summed E-state index contributed by atoms with van der Waals surface area (Å²) in [5.74, 6) is -0.494. The first-order valence-corrected chi connectivity index (χ1v) is 5.65. The number of carboxylic acids is 1. The van der Waals surface area contributed by atoms with Gasteiger partial charge in [0, 0.05) is 16.1 Å². The van der Waals surface area contributed by atoms with Crippen LogP contribution in [-0.4, -0.2) is 17.2 Å². The van der Waals surface area contributed by atoms with Crippen molar-refractivity contribution in [2.24, 2.45) is 5.73 Å². The summed E-state index contributed by atoms with van der Waals surface area (Å²) < 4.78 is 6.21. The third kappa shape index (κ3) is 3.21. The van der Waals surface area contributed by atoms with Crippen LogP contribution in [0, 0.1) is 0 Å². The maximum atomic E-state index is 10.7. The van der Waals surface area contributed by atoms with E-state index in [0.717, 1.165) is 10.0 Å². The fraction of sp³-hybridized carbons (Fsp3) is 0.364. The Hall–Kier alpha value is -1.07. The van der Waals surface area contributed by atoms with E-state index in [1.165, 1.54) is 6.92 Å². The number of halogens is 1. The second-order valence-electron chi connectivity index (χ2n) is 3.57. The predicted octanol–water partition coefficient (Wildman–Crippen LogP) is 2.32. The number of rotatable bonds is 4. The van der Waals surface area contributed by atoms with Crippen LogP contribution in [0.2, 0.25) is 0 Å². The fourth-order valence-corrected chi connectivity index (χ4v) is 1.60. The van der Waals surface area contributed by atoms with E-state index in [0.29, 0.717) is 5.75 Å². The summed E-state index contributed by atoms with van der Waals surface area (Å²) >= 11 is 3.33. The van der Waals surface area contributed by atoms with Gasteiger partial charge in [-0.05, 0) is 32.0 Å². The number of hydrogen-bond donors (Lipinski definition) is 2. The Morgan fingerprint density at radius 3 is 2.62 bits per heavy atom. The zero-order valence-corrected chi connectivity index (χ0v) is 10.7. The third-order valence-electron chi connectivity index (χ3n) is 2.11. The summed E-state index contributed by atoms with van der Waals surface area (Å²) in [5, 5.41) is 8.76. The number of carbonyl (C=O) groups is 1. The number of nitrogens with two attached hydrogens (primary N) is 1. The van der Waals surface area contributed by atoms with E-state index in [-0.39, 0.29) is 6.04 Å². The highest BCUT2D eigenvalue weighted by Gasteiger charge is 2.16. The van der Waals surface area contributed by atoms with Crippen molar-refractivity contribution in [2.75, 3.05) is 0 Å². The summed E-state index contributed by atoms with van der Waals surface area (Å²) in [7, 11) is 0. The van der Waals surface area contributed by atoms with Crippen LogP contribution in [0.5, 0.6) is 5.75 Å². The molecular formula is C11H14BrNO3. The van der Waals surface area contributed by atoms with Crippen molar-refractivity contribution in [2.45, 2.75) is 26.0 Å². The van der Waals surface area contributed by atoms with Crippen LogP contribution in [0.1, 0.15) is 25.5 Å². The Morgan fingerprint density at radius 1 is 1.50 bits per heavy atom. The van der Waals surface area contributed by atoms with E-state index in [9.17, 15) is 4.79 Å². The molecule has 0 bridgehead atoms. The van der Waals surface area contributed by atoms with Gasteiger partial charge < -0.3 is 15.6 Å². The molecule has 2 atom stereocenters. The quantitative estimate of drug-likeness (QED) is 0.891. The smallest absolute Gasteiger partial charge is 0.344 e. The van der Waals surface area contributed by atoms with Crippen molar-refractivity contribution in [1.82, 2.24) is 0 Å². The number of ether oxygens (including phenoxy) is 1. The lowest BCUT2D eigenvalue weighted by atomic mass is 10.1. The summed E-state index contributed by atoms with van der Waals surface area (Å²) in [5.41, 5.74) is 6.57. The summed E-state index contributed by atoms with van der Waals surface area (Å²) in [6.45, 7) is 3.30. The molecule has 0 heterocycles. The molecule has 1 aromatic rings. The number of hydrogen-bond acceptors (Lipinski definition) is 3. The van der Waals surface area contributed by atoms with Crippen LogP contribution in [0.3, 0.4) is 0 Å². The molecule has 0 radical (unpaired) electrons. The molecule has 0 aliphatic carbocycles. The lowest BCUT2D eigenvalue weighted by Crippen LogP contribution is -2.24. The highest BCUT2D eigenvalue weighted by atomic mass is 79.9. The van der Waals surface area contributed by atoms with Crippen LogP contribution < -0.4 is 10.5 Å². The average molecular weight is 288 g/mol. The monoisotopic (exact) mass is 287 g/mol. The average Bonchev–Trinajstić information content (AvgIpc) is 2.20. The normalized spacial score (nSPS) is 14.2. The summed E-state index contributed by atoms with van der Waals surface area (Å²) in [4.78, 5) is 10.7. The molecule has 0 aliphatic rings. The minimum atomic E-state index is -1.00. The predicted molar refractivity (Wildman–Crippen MR) is 64.5 cm³/mol. The molecule has 3 N–H and O–H groups in total. The highest BCUT2D eigenvalue weighted by molar-refractivity contribution is 9.10. The van der Waals surface area contributed by atoms with Crippen molar-refractivity contribution >= 4 is 21.9 Å². The molecule has 0 aliphatic heterocycles. The van der Waals surface area contributed by atoms with Gasteiger partial charge >= 0.3 is 5.97 Å². The van der Waals surface area contributed by atoms with Gasteiger partial charge in [0.15, 0.2) is 6.10 Å². The Balaban J connectivity index is 2.99. The first kappa shape index (κ1) is 13.0. The van der Waals surface area contributed by atoms with E-state index in [4.69, 9.17) is 15.6 Å². The number of carboxylic acid groups (broad SMARTS) is 1. The molecule has 0 aromatic heterocycles. The Kier molecular flexibility index (Phi) is 4.32. The fourth-order valence-electron chi connectivity index (χ4n) is 1.22. The zero-order chi connectivity index (χ0) is 12.3. The molecule has 0 fully saturated rings. The molecule has 0 saturated carbocycles. The van der Waals surface area contributed by atoms with Gasteiger partial charge in [-0.25, -0.2) is 4.79 Å². The minimum absolute atomic E-state index is 0.214. The second kappa shape index (κ2) is 5.32. The van der Waals surface area contributed by atoms with Gasteiger partial charge in [-0.3, -0.25) is 0 Å². The summed E-state index contributed by atoms with van der Waals surface area (Å²) in [6, 6.07) is 5.11. The van der Waals surface area contributed by atoms with Crippen molar-refractivity contribution in [3.63, 3.8) is 0 Å². The highest BCUT2D eigenvalue weighted by Crippen LogP contribution is 2.28. The summed E-state index contributed by atoms with van der Waals surface area (Å²) in [6.07, 6.45) is -0.890. The largest absolute Gasteiger partial charge is 0.479 e. The van der Waals surface area contributed by atoms with Gasteiger partial charge in [0.05, 0.1) is 0 Å². The van der Waals surface area contributed by atoms with Crippen LogP contribution in [-0.2, 0) is 4.79 Å². The van der Waals surface area contributed by atoms with E-state index in [2.05, 4.69) is 15.9 Å². The molecule has 1 rings (SSSR count). The topological polar surface area (TPSA) is 72.5 Å². The number of benzene rings is 1. The van der Waals surface area contributed by atoms with Gasteiger partial charge in [0.2, 0.25) is 0 Å². The Morgan fingerprint density at radius 2 is 2.12 bits per heavy atom. The minimum Gasteiger partial charge on any atom is -0.479 e. The van der Waals surface area contributed by atoms with E-state index in [1.807, 2.05) is 13.0 Å². The molecule has 1 unspecified atom stereocenters. The van der Waals surface area contributed by atoms with Crippen molar-refractivity contribution in [1.29, 1.82) is 0 Å². The number of aliphatic carboxylic acids is 1. The molecule has 88 valence electrons. The lowest BCUT2D eigenvalue weighted by molar-refractivity contribution is -0.144. The Labute approximate surface area is 103 Å². The van der Waals surface area contributed by atoms with Crippen molar-refractivity contribution in [3.8, 4) is 5.75 Å². The maximum Gasteiger partial charge on any atom is 0.344 e. The van der Waals surface area contributed by atoms with Gasteiger partial charge in [-0.15, -0.1) is 0 Å². The standard InChI is InChI=1S/C11H14BrNO3/c1-6(13)9-5-8(12)3-4-10(9)16-7(2)11(14)15/h3-7H,13H2,1-2H3,(H,14,15)/t6-,7?/m0/s1. The van der Waals surface area contributed by atoms with E-state index in [1.54, 1.807) is 12.1 Å². The van der Waals surface area contributed by atoms with Gasteiger partial charge in [-0.1, -0.05) is 15.9 Å². The molecule has 4 nitrogen and oxygen atoms in total. The molecule has 5 heteroatoms. The zero-order valence-electron chi connectivity index (χ0n) is 9.11. The van der Waals surface area contributed by atoms with Crippen LogP contribution in [0.4, 0.5) is 0 Å². The molecule has 0 saturated heterocycles. The lowest BCUT2D eigenvalue weighted by Gasteiger charge is -2.16. The van der Waals surface area contributed by atoms with Gasteiger partial charge in [-0.2, -0.15) is 0 Å². The molecular weight excluding hydrogens is 274 g/mol. The van der Waals surface area contributed by atoms with Crippen molar-refractivity contribution in [3.05, 3.63) is 28.2 Å². The first-order valence-electron chi connectivity index (χ1n) is 4.86.